The maximum Gasteiger partial charge on any atom is 0.496 e. The second-order valence-electron chi connectivity index (χ2n) is 17.1. The SMILES string of the molecule is COc1cccc(OC)c1S(=O)(=O)Nc1noc2cc(Br)cc(OC)c12.COc1cncc(-c2cc(OC)c3c(NS(=O)(=O)c4c(OC)cccc4OC)noc3c2)c1.COc1cncc(B2OC(C)(C)C(C)(C)O2)c1. The van der Waals surface area contributed by atoms with Crippen LogP contribution in [0.2, 0.25) is 0 Å². The first-order chi connectivity index (χ1) is 36.2. The Morgan fingerprint density at radius 1 is 0.500 bits per heavy atom. The summed E-state index contributed by atoms with van der Waals surface area (Å²) in [6.07, 6.45) is 6.66. The number of rotatable bonds is 16. The van der Waals surface area contributed by atoms with Gasteiger partial charge in [0, 0.05) is 27.9 Å². The Balaban J connectivity index is 0.000000174. The van der Waals surface area contributed by atoms with Crippen LogP contribution < -0.4 is 52.8 Å². The number of ether oxygens (including phenoxy) is 8. The Bertz CT molecular complexity index is 3540. The number of fused-ring (bicyclic) bond motifs is 2. The average molecular weight is 1150 g/mol. The molecule has 1 aliphatic heterocycles. The summed E-state index contributed by atoms with van der Waals surface area (Å²) in [5, 5.41) is 8.50. The van der Waals surface area contributed by atoms with Crippen LogP contribution in [0.4, 0.5) is 11.6 Å². The lowest BCUT2D eigenvalue weighted by molar-refractivity contribution is 0.00578. The highest BCUT2D eigenvalue weighted by atomic mass is 79.9. The van der Waals surface area contributed by atoms with E-state index in [2.05, 4.69) is 45.7 Å². The van der Waals surface area contributed by atoms with Gasteiger partial charge in [0.05, 0.1) is 80.5 Å². The van der Waals surface area contributed by atoms with E-state index >= 15 is 0 Å². The molecule has 26 heteroatoms. The number of nitrogens with zero attached hydrogens (tertiary/aromatic N) is 4. The number of aromatic nitrogens is 4. The van der Waals surface area contributed by atoms with Crippen molar-refractivity contribution in [3.63, 3.8) is 0 Å². The molecule has 9 rings (SSSR count). The van der Waals surface area contributed by atoms with Gasteiger partial charge in [-0.1, -0.05) is 38.4 Å². The molecule has 0 spiro atoms. The minimum Gasteiger partial charge on any atom is -0.496 e. The monoisotopic (exact) mass is 1150 g/mol. The molecule has 76 heavy (non-hydrogen) atoms. The van der Waals surface area contributed by atoms with Crippen molar-refractivity contribution in [1.82, 2.24) is 20.3 Å². The summed E-state index contributed by atoms with van der Waals surface area (Å²) in [6, 6.07) is 19.8. The van der Waals surface area contributed by atoms with E-state index in [9.17, 15) is 16.8 Å². The number of hydrogen-bond donors (Lipinski definition) is 2. The van der Waals surface area contributed by atoms with E-state index in [0.29, 0.717) is 49.4 Å². The summed E-state index contributed by atoms with van der Waals surface area (Å²) in [4.78, 5) is 7.97. The van der Waals surface area contributed by atoms with Crippen LogP contribution in [0.5, 0.6) is 46.0 Å². The second-order valence-corrected chi connectivity index (χ2v) is 21.3. The summed E-state index contributed by atoms with van der Waals surface area (Å²) < 4.78 is 122. The third-order valence-corrected chi connectivity index (χ3v) is 15.3. The van der Waals surface area contributed by atoms with Crippen LogP contribution >= 0.6 is 15.9 Å². The third kappa shape index (κ3) is 11.8. The number of benzene rings is 4. The largest absolute Gasteiger partial charge is 0.496 e. The van der Waals surface area contributed by atoms with E-state index in [1.54, 1.807) is 75.4 Å². The van der Waals surface area contributed by atoms with Crippen LogP contribution in [0.1, 0.15) is 27.7 Å². The van der Waals surface area contributed by atoms with Gasteiger partial charge in [0.15, 0.2) is 32.6 Å². The van der Waals surface area contributed by atoms with E-state index in [-0.39, 0.29) is 62.7 Å². The Labute approximate surface area is 447 Å². The van der Waals surface area contributed by atoms with Crippen LogP contribution in [0.3, 0.4) is 0 Å². The van der Waals surface area contributed by atoms with Crippen molar-refractivity contribution >= 4 is 82.1 Å². The first-order valence-corrected chi connectivity index (χ1v) is 26.4. The maximum atomic E-state index is 13.2. The Morgan fingerprint density at radius 3 is 1.37 bits per heavy atom. The van der Waals surface area contributed by atoms with Crippen molar-refractivity contribution in [1.29, 1.82) is 0 Å². The van der Waals surface area contributed by atoms with Gasteiger partial charge in [0.2, 0.25) is 0 Å². The lowest BCUT2D eigenvalue weighted by atomic mass is 9.80. The standard InChI is InChI=1S/C22H21N3O7S.C16H15BrN2O6S.C12H18BNO3/c1-28-15-8-14(11-23-12-15)13-9-18(31-4)20-19(10-13)32-24-22(20)25-33(26,27)21-16(29-2)6-5-7-17(21)30-3;1-22-10-5-4-6-11(23-2)15(10)26(20,21)19-16-14-12(24-3)7-9(17)8-13(14)25-18-16;1-11(2)12(3,4)17-13(16-11)9-6-10(15-5)8-14-7-9/h5-12H,1-4H3,(H,24,25);4-8H,1-3H3,(H,18,19);6-8H,1-5H3. The number of halogens is 1. The van der Waals surface area contributed by atoms with Crippen LogP contribution in [-0.4, -0.2) is 112 Å². The number of hydrogen-bond acceptors (Lipinski definition) is 20. The van der Waals surface area contributed by atoms with Crippen molar-refractivity contribution in [3.05, 3.63) is 102 Å². The molecule has 0 radical (unpaired) electrons. The second kappa shape index (κ2) is 23.2. The molecule has 0 amide bonds. The van der Waals surface area contributed by atoms with E-state index in [1.807, 2.05) is 39.8 Å². The topological polar surface area (TPSA) is 262 Å². The zero-order valence-electron chi connectivity index (χ0n) is 43.3. The summed E-state index contributed by atoms with van der Waals surface area (Å²) in [6.45, 7) is 8.11. The smallest absolute Gasteiger partial charge is 0.496 e. The molecule has 4 aromatic carbocycles. The number of sulfonamides is 2. The van der Waals surface area contributed by atoms with Crippen molar-refractivity contribution in [2.45, 2.75) is 48.7 Å². The van der Waals surface area contributed by atoms with Gasteiger partial charge in [-0.15, -0.1) is 0 Å². The van der Waals surface area contributed by atoms with Gasteiger partial charge >= 0.3 is 7.12 Å². The van der Waals surface area contributed by atoms with E-state index < -0.39 is 20.0 Å². The fourth-order valence-corrected chi connectivity index (χ4v) is 10.6. The molecule has 4 aromatic heterocycles. The molecule has 2 N–H and O–H groups in total. The van der Waals surface area contributed by atoms with Crippen LogP contribution in [0, 0.1) is 0 Å². The lowest BCUT2D eigenvalue weighted by Gasteiger charge is -2.32. The fourth-order valence-electron chi connectivity index (χ4n) is 7.53. The van der Waals surface area contributed by atoms with Gasteiger partial charge in [-0.25, -0.2) is 16.8 Å². The normalized spacial score (nSPS) is 13.6. The fraction of sp³-hybridized carbons (Fsp3) is 0.280. The summed E-state index contributed by atoms with van der Waals surface area (Å²) >= 11 is 3.33. The Morgan fingerprint density at radius 2 is 0.921 bits per heavy atom. The molecule has 1 aliphatic rings. The van der Waals surface area contributed by atoms with Crippen LogP contribution in [-0.2, 0) is 29.4 Å². The predicted octanol–water partition coefficient (Wildman–Crippen LogP) is 8.53. The zero-order valence-corrected chi connectivity index (χ0v) is 46.5. The molecule has 0 unspecified atom stereocenters. The lowest BCUT2D eigenvalue weighted by Crippen LogP contribution is -2.41. The number of methoxy groups -OCH3 is 8. The number of pyridine rings is 2. The highest BCUT2D eigenvalue weighted by molar-refractivity contribution is 9.10. The first kappa shape index (κ1) is 56.2. The molecular weight excluding hydrogens is 1100 g/mol. The summed E-state index contributed by atoms with van der Waals surface area (Å²) in [5.41, 5.74) is 2.37. The molecule has 1 saturated heterocycles. The minimum atomic E-state index is -4.16. The van der Waals surface area contributed by atoms with Crippen molar-refractivity contribution < 1.29 is 73.1 Å². The summed E-state index contributed by atoms with van der Waals surface area (Å²) in [7, 11) is 2.97. The molecule has 0 bridgehead atoms. The Kier molecular flexibility index (Phi) is 17.1. The maximum absolute atomic E-state index is 13.2. The molecule has 22 nitrogen and oxygen atoms in total. The van der Waals surface area contributed by atoms with Crippen LogP contribution in [0.25, 0.3) is 33.1 Å². The molecule has 0 atom stereocenters. The first-order valence-electron chi connectivity index (χ1n) is 22.6. The van der Waals surface area contributed by atoms with Gasteiger partial charge in [0.25, 0.3) is 20.0 Å². The quantitative estimate of drug-likeness (QED) is 0.0858. The minimum absolute atomic E-state index is 0.00249. The third-order valence-electron chi connectivity index (χ3n) is 12.0. The van der Waals surface area contributed by atoms with Gasteiger partial charge in [-0.05, 0) is 93.9 Å². The van der Waals surface area contributed by atoms with E-state index in [0.717, 1.165) is 16.6 Å². The number of nitrogens with one attached hydrogen (secondary N) is 2. The molecule has 402 valence electrons. The Hall–Kier alpha value is -7.52. The zero-order chi connectivity index (χ0) is 55.2. The highest BCUT2D eigenvalue weighted by Gasteiger charge is 2.52. The molecule has 0 saturated carbocycles. The van der Waals surface area contributed by atoms with Gasteiger partial charge in [-0.3, -0.25) is 19.4 Å². The van der Waals surface area contributed by atoms with E-state index in [4.69, 9.17) is 56.2 Å². The predicted molar refractivity (Wildman–Crippen MR) is 286 cm³/mol. The van der Waals surface area contributed by atoms with Crippen LogP contribution in [0.15, 0.2) is 121 Å². The van der Waals surface area contributed by atoms with E-state index in [1.165, 1.54) is 66.9 Å². The number of anilines is 2. The van der Waals surface area contributed by atoms with Crippen molar-refractivity contribution in [3.8, 4) is 57.1 Å². The van der Waals surface area contributed by atoms with Gasteiger partial charge in [0.1, 0.15) is 56.8 Å². The average Bonchev–Trinajstić information content (AvgIpc) is 4.08. The summed E-state index contributed by atoms with van der Waals surface area (Å²) in [5.74, 6) is 2.53. The highest BCUT2D eigenvalue weighted by Crippen LogP contribution is 2.42. The molecule has 1 fully saturated rings. The van der Waals surface area contributed by atoms with Gasteiger partial charge in [-0.2, -0.15) is 0 Å². The molecule has 8 aromatic rings. The molecule has 5 heterocycles. The molecule has 0 aliphatic carbocycles. The van der Waals surface area contributed by atoms with Crippen molar-refractivity contribution in [2.24, 2.45) is 0 Å². The molecular formula is C50H54BBrN6O16S2. The van der Waals surface area contributed by atoms with Gasteiger partial charge < -0.3 is 56.2 Å². The van der Waals surface area contributed by atoms with Crippen molar-refractivity contribution in [2.75, 3.05) is 66.3 Å².